The molecule has 3 N–H and O–H groups in total. The molecule has 1 amide bonds. The first-order chi connectivity index (χ1) is 11.6. The average molecular weight is 324 g/mol. The highest BCUT2D eigenvalue weighted by atomic mass is 19.1. The van der Waals surface area contributed by atoms with E-state index in [0.717, 1.165) is 6.42 Å². The molecule has 0 saturated carbocycles. The Kier molecular flexibility index (Phi) is 4.37. The number of anilines is 1. The van der Waals surface area contributed by atoms with E-state index in [4.69, 9.17) is 5.73 Å². The summed E-state index contributed by atoms with van der Waals surface area (Å²) in [5, 5.41) is 4.09. The average Bonchev–Trinajstić information content (AvgIpc) is 2.60. The van der Waals surface area contributed by atoms with Gasteiger partial charge >= 0.3 is 0 Å². The lowest BCUT2D eigenvalue weighted by Gasteiger charge is -2.12. The number of amides is 1. The molecule has 0 bridgehead atoms. The van der Waals surface area contributed by atoms with E-state index in [0.29, 0.717) is 28.4 Å². The van der Waals surface area contributed by atoms with E-state index in [9.17, 15) is 9.18 Å². The van der Waals surface area contributed by atoms with Gasteiger partial charge in [-0.15, -0.1) is 0 Å². The molecule has 3 rings (SSSR count). The highest BCUT2D eigenvalue weighted by molar-refractivity contribution is 6.09. The van der Waals surface area contributed by atoms with Crippen LogP contribution in [0.4, 0.5) is 10.1 Å². The quantitative estimate of drug-likeness (QED) is 0.772. The minimum Gasteiger partial charge on any atom is -0.396 e. The number of halogens is 1. The fourth-order valence-corrected chi connectivity index (χ4v) is 2.58. The summed E-state index contributed by atoms with van der Waals surface area (Å²) in [7, 11) is 0. The van der Waals surface area contributed by atoms with Crippen LogP contribution in [0, 0.1) is 5.82 Å². The molecule has 0 saturated heterocycles. The minimum absolute atomic E-state index is 0.180. The summed E-state index contributed by atoms with van der Waals surface area (Å²) in [4.78, 5) is 20.3. The normalized spacial score (nSPS) is 10.8. The molecule has 0 spiro atoms. The Morgan fingerprint density at radius 2 is 2.04 bits per heavy atom. The molecule has 0 aliphatic carbocycles. The minimum atomic E-state index is -0.374. The predicted molar refractivity (Wildman–Crippen MR) is 92.0 cm³/mol. The summed E-state index contributed by atoms with van der Waals surface area (Å²) in [6.07, 6.45) is 5.23. The summed E-state index contributed by atoms with van der Waals surface area (Å²) in [5.74, 6) is -0.685. The lowest BCUT2D eigenvalue weighted by Crippen LogP contribution is -2.26. The second-order valence-corrected chi connectivity index (χ2v) is 5.40. The second kappa shape index (κ2) is 6.62. The molecule has 0 fully saturated rings. The molecule has 0 aliphatic heterocycles. The van der Waals surface area contributed by atoms with Crippen LogP contribution in [0.25, 0.3) is 21.9 Å². The zero-order valence-electron chi connectivity index (χ0n) is 13.2. The number of hydrogen-bond donors (Lipinski definition) is 2. The smallest absolute Gasteiger partial charge is 0.272 e. The Morgan fingerprint density at radius 1 is 1.21 bits per heavy atom. The summed E-state index contributed by atoms with van der Waals surface area (Å²) in [6, 6.07) is 6.65. The molecule has 0 atom stereocenters. The van der Waals surface area contributed by atoms with Crippen molar-refractivity contribution in [2.24, 2.45) is 0 Å². The molecule has 122 valence electrons. The van der Waals surface area contributed by atoms with Crippen LogP contribution >= 0.6 is 0 Å². The van der Waals surface area contributed by atoms with E-state index in [1.807, 2.05) is 6.92 Å². The van der Waals surface area contributed by atoms with Gasteiger partial charge in [0.05, 0.1) is 5.69 Å². The van der Waals surface area contributed by atoms with E-state index in [1.165, 1.54) is 18.5 Å². The van der Waals surface area contributed by atoms with Crippen molar-refractivity contribution in [2.45, 2.75) is 13.3 Å². The van der Waals surface area contributed by atoms with E-state index in [1.54, 1.807) is 24.4 Å². The van der Waals surface area contributed by atoms with E-state index >= 15 is 0 Å². The van der Waals surface area contributed by atoms with Gasteiger partial charge in [-0.05, 0) is 18.1 Å². The molecule has 5 nitrogen and oxygen atoms in total. The highest BCUT2D eigenvalue weighted by Crippen LogP contribution is 2.32. The lowest BCUT2D eigenvalue weighted by atomic mass is 9.99. The molecule has 3 aromatic rings. The zero-order valence-corrected chi connectivity index (χ0v) is 13.2. The second-order valence-electron chi connectivity index (χ2n) is 5.40. The number of hydrogen-bond acceptors (Lipinski definition) is 4. The SMILES string of the molecule is CCCNC(=O)c1ncc2c(-c3cnccc3F)cccc2c1N. The Morgan fingerprint density at radius 3 is 2.79 bits per heavy atom. The first-order valence-corrected chi connectivity index (χ1v) is 7.68. The third-order valence-electron chi connectivity index (χ3n) is 3.78. The van der Waals surface area contributed by atoms with E-state index in [2.05, 4.69) is 15.3 Å². The molecule has 2 heterocycles. The first kappa shape index (κ1) is 15.9. The van der Waals surface area contributed by atoms with Crippen LogP contribution in [-0.2, 0) is 0 Å². The summed E-state index contributed by atoms with van der Waals surface area (Å²) in [6.45, 7) is 2.52. The fourth-order valence-electron chi connectivity index (χ4n) is 2.58. The van der Waals surface area contributed by atoms with Crippen LogP contribution in [0.3, 0.4) is 0 Å². The van der Waals surface area contributed by atoms with Gasteiger partial charge in [0.2, 0.25) is 0 Å². The van der Waals surface area contributed by atoms with Crippen LogP contribution in [0.1, 0.15) is 23.8 Å². The molecule has 24 heavy (non-hydrogen) atoms. The third kappa shape index (κ3) is 2.78. The molecule has 6 heteroatoms. The number of rotatable bonds is 4. The van der Waals surface area contributed by atoms with Crippen molar-refractivity contribution < 1.29 is 9.18 Å². The van der Waals surface area contributed by atoms with Crippen LogP contribution in [0.2, 0.25) is 0 Å². The van der Waals surface area contributed by atoms with Gasteiger partial charge in [0.15, 0.2) is 5.69 Å². The maximum Gasteiger partial charge on any atom is 0.272 e. The lowest BCUT2D eigenvalue weighted by molar-refractivity contribution is 0.0950. The molecule has 0 radical (unpaired) electrons. The number of aromatic nitrogens is 2. The maximum absolute atomic E-state index is 14.1. The zero-order chi connectivity index (χ0) is 17.1. The van der Waals surface area contributed by atoms with Gasteiger partial charge in [-0.1, -0.05) is 25.1 Å². The molecule has 1 aromatic carbocycles. The van der Waals surface area contributed by atoms with Gasteiger partial charge in [0.1, 0.15) is 5.82 Å². The van der Waals surface area contributed by atoms with Gasteiger partial charge in [0, 0.05) is 41.5 Å². The molecule has 2 aromatic heterocycles. The number of nitrogens with zero attached hydrogens (tertiary/aromatic N) is 2. The van der Waals surface area contributed by atoms with Gasteiger partial charge in [-0.2, -0.15) is 0 Å². The van der Waals surface area contributed by atoms with Crippen molar-refractivity contribution in [3.8, 4) is 11.1 Å². The predicted octanol–water partition coefficient (Wildman–Crippen LogP) is 3.16. The number of benzene rings is 1. The van der Waals surface area contributed by atoms with E-state index < -0.39 is 0 Å². The van der Waals surface area contributed by atoms with Crippen LogP contribution in [0.5, 0.6) is 0 Å². The van der Waals surface area contributed by atoms with Crippen molar-refractivity contribution in [1.29, 1.82) is 0 Å². The number of carbonyl (C=O) groups excluding carboxylic acids is 1. The Hall–Kier alpha value is -3.02. The standard InChI is InChI=1S/C18H17FN4O/c1-2-7-22-18(24)17-16(20)12-5-3-4-11(13(12)10-23-17)14-9-21-8-6-15(14)19/h3-6,8-10H,2,7,20H2,1H3,(H,22,24). The molecule has 0 unspecified atom stereocenters. The molecule has 0 aliphatic rings. The first-order valence-electron chi connectivity index (χ1n) is 7.68. The maximum atomic E-state index is 14.1. The largest absolute Gasteiger partial charge is 0.396 e. The van der Waals surface area contributed by atoms with Crippen LogP contribution < -0.4 is 11.1 Å². The summed E-state index contributed by atoms with van der Waals surface area (Å²) < 4.78 is 14.1. The molecular formula is C18H17FN4O. The number of nitrogens with two attached hydrogens (primary N) is 1. The van der Waals surface area contributed by atoms with Crippen LogP contribution in [-0.4, -0.2) is 22.4 Å². The summed E-state index contributed by atoms with van der Waals surface area (Å²) in [5.41, 5.74) is 7.61. The van der Waals surface area contributed by atoms with Gasteiger partial charge in [-0.3, -0.25) is 9.78 Å². The fraction of sp³-hybridized carbons (Fsp3) is 0.167. The van der Waals surface area contributed by atoms with Crippen LogP contribution in [0.15, 0.2) is 42.9 Å². The highest BCUT2D eigenvalue weighted by Gasteiger charge is 2.16. The van der Waals surface area contributed by atoms with Crippen molar-refractivity contribution in [3.05, 3.63) is 54.4 Å². The number of fused-ring (bicyclic) bond motifs is 1. The Labute approximate surface area is 138 Å². The van der Waals surface area contributed by atoms with Crippen molar-refractivity contribution in [3.63, 3.8) is 0 Å². The number of pyridine rings is 2. The number of nitrogen functional groups attached to an aromatic ring is 1. The van der Waals surface area contributed by atoms with Gasteiger partial charge in [-0.25, -0.2) is 9.37 Å². The van der Waals surface area contributed by atoms with Gasteiger partial charge in [0.25, 0.3) is 5.91 Å². The Balaban J connectivity index is 2.15. The summed E-state index contributed by atoms with van der Waals surface area (Å²) >= 11 is 0. The number of nitrogens with one attached hydrogen (secondary N) is 1. The third-order valence-corrected chi connectivity index (χ3v) is 3.78. The topological polar surface area (TPSA) is 80.9 Å². The van der Waals surface area contributed by atoms with E-state index in [-0.39, 0.29) is 23.1 Å². The van der Waals surface area contributed by atoms with Crippen molar-refractivity contribution >= 4 is 22.4 Å². The van der Waals surface area contributed by atoms with Gasteiger partial charge < -0.3 is 11.1 Å². The molecular weight excluding hydrogens is 307 g/mol. The van der Waals surface area contributed by atoms with Crippen molar-refractivity contribution in [1.82, 2.24) is 15.3 Å². The van der Waals surface area contributed by atoms with Crippen molar-refractivity contribution in [2.75, 3.05) is 12.3 Å². The monoisotopic (exact) mass is 324 g/mol. The number of carbonyl (C=O) groups is 1. The Bertz CT molecular complexity index is 911.